The molecule has 1 aromatic heterocycles. The van der Waals surface area contributed by atoms with E-state index < -0.39 is 0 Å². The normalized spacial score (nSPS) is 17.0. The smallest absolute Gasteiger partial charge is 0.140 e. The molecule has 1 aliphatic carbocycles. The van der Waals surface area contributed by atoms with E-state index in [1.807, 2.05) is 23.7 Å². The predicted octanol–water partition coefficient (Wildman–Crippen LogP) is 1.94. The first-order chi connectivity index (χ1) is 8.25. The van der Waals surface area contributed by atoms with Crippen LogP contribution in [0.15, 0.2) is 30.6 Å². The summed E-state index contributed by atoms with van der Waals surface area (Å²) in [6.07, 6.45) is 4.30. The zero-order valence-electron chi connectivity index (χ0n) is 9.87. The average molecular weight is 228 g/mol. The molecule has 1 saturated carbocycles. The van der Waals surface area contributed by atoms with Crippen molar-refractivity contribution in [3.05, 3.63) is 42.0 Å². The topological polar surface area (TPSA) is 56.7 Å². The fraction of sp³-hybridized carbons (Fsp3) is 0.385. The van der Waals surface area contributed by atoms with Crippen LogP contribution in [-0.4, -0.2) is 14.8 Å². The van der Waals surface area contributed by atoms with Crippen molar-refractivity contribution in [2.75, 3.05) is 5.73 Å². The van der Waals surface area contributed by atoms with Crippen molar-refractivity contribution in [1.82, 2.24) is 14.8 Å². The lowest BCUT2D eigenvalue weighted by Crippen LogP contribution is -2.10. The van der Waals surface area contributed by atoms with Crippen LogP contribution in [0.4, 0.5) is 5.69 Å². The first-order valence-electron chi connectivity index (χ1n) is 5.95. The zero-order valence-corrected chi connectivity index (χ0v) is 9.87. The standard InChI is InChI=1S/C13H16N4/c1-17-8-15-16-13(17)12(9-5-6-9)10-3-2-4-11(14)7-10/h2-4,7-9,12H,5-6,14H2,1H3/t12-/m0/s1. The maximum Gasteiger partial charge on any atom is 0.140 e. The van der Waals surface area contributed by atoms with Crippen molar-refractivity contribution in [2.24, 2.45) is 13.0 Å². The monoisotopic (exact) mass is 228 g/mol. The van der Waals surface area contributed by atoms with E-state index in [0.29, 0.717) is 11.8 Å². The van der Waals surface area contributed by atoms with E-state index in [1.165, 1.54) is 18.4 Å². The molecule has 2 N–H and O–H groups in total. The number of nitrogen functional groups attached to an aromatic ring is 1. The van der Waals surface area contributed by atoms with Gasteiger partial charge in [-0.25, -0.2) is 0 Å². The molecule has 0 radical (unpaired) electrons. The Morgan fingerprint density at radius 1 is 1.41 bits per heavy atom. The molecule has 1 aromatic carbocycles. The highest BCUT2D eigenvalue weighted by Crippen LogP contribution is 2.45. The lowest BCUT2D eigenvalue weighted by atomic mass is 9.93. The van der Waals surface area contributed by atoms with E-state index in [2.05, 4.69) is 22.3 Å². The minimum absolute atomic E-state index is 0.339. The van der Waals surface area contributed by atoms with Crippen molar-refractivity contribution in [3.63, 3.8) is 0 Å². The lowest BCUT2D eigenvalue weighted by Gasteiger charge is -2.16. The van der Waals surface area contributed by atoms with Gasteiger partial charge in [-0.15, -0.1) is 10.2 Å². The molecule has 1 atom stereocenters. The number of aryl methyl sites for hydroxylation is 1. The maximum absolute atomic E-state index is 5.87. The molecule has 88 valence electrons. The number of aromatic nitrogens is 3. The van der Waals surface area contributed by atoms with Gasteiger partial charge in [-0.05, 0) is 36.5 Å². The summed E-state index contributed by atoms with van der Waals surface area (Å²) in [5, 5.41) is 8.24. The molecule has 0 amide bonds. The summed E-state index contributed by atoms with van der Waals surface area (Å²) in [4.78, 5) is 0. The predicted molar refractivity (Wildman–Crippen MR) is 66.4 cm³/mol. The molecule has 4 nitrogen and oxygen atoms in total. The number of hydrogen-bond donors (Lipinski definition) is 1. The number of nitrogens with two attached hydrogens (primary N) is 1. The van der Waals surface area contributed by atoms with Gasteiger partial charge in [-0.1, -0.05) is 12.1 Å². The molecule has 0 bridgehead atoms. The van der Waals surface area contributed by atoms with Crippen molar-refractivity contribution in [1.29, 1.82) is 0 Å². The second-order valence-electron chi connectivity index (χ2n) is 4.79. The summed E-state index contributed by atoms with van der Waals surface area (Å²) in [5.74, 6) is 2.07. The van der Waals surface area contributed by atoms with Gasteiger partial charge in [0.1, 0.15) is 12.2 Å². The molecule has 1 aliphatic rings. The van der Waals surface area contributed by atoms with Gasteiger partial charge in [0.05, 0.1) is 0 Å². The molecule has 17 heavy (non-hydrogen) atoms. The number of anilines is 1. The summed E-state index contributed by atoms with van der Waals surface area (Å²) in [5.41, 5.74) is 7.93. The van der Waals surface area contributed by atoms with Crippen LogP contribution >= 0.6 is 0 Å². The summed E-state index contributed by atoms with van der Waals surface area (Å²) >= 11 is 0. The van der Waals surface area contributed by atoms with Crippen molar-refractivity contribution < 1.29 is 0 Å². The van der Waals surface area contributed by atoms with E-state index in [9.17, 15) is 0 Å². The van der Waals surface area contributed by atoms with Crippen molar-refractivity contribution >= 4 is 5.69 Å². The highest BCUT2D eigenvalue weighted by atomic mass is 15.2. The molecule has 0 unspecified atom stereocenters. The molecule has 4 heteroatoms. The molecular weight excluding hydrogens is 212 g/mol. The van der Waals surface area contributed by atoms with E-state index in [-0.39, 0.29) is 0 Å². The summed E-state index contributed by atoms with van der Waals surface area (Å²) in [7, 11) is 2.00. The van der Waals surface area contributed by atoms with E-state index in [1.54, 1.807) is 6.33 Å². The summed E-state index contributed by atoms with van der Waals surface area (Å²) in [6.45, 7) is 0. The summed E-state index contributed by atoms with van der Waals surface area (Å²) < 4.78 is 2.01. The van der Waals surface area contributed by atoms with Crippen LogP contribution < -0.4 is 5.73 Å². The molecule has 3 rings (SSSR count). The third kappa shape index (κ3) is 1.90. The van der Waals surface area contributed by atoms with Gasteiger partial charge < -0.3 is 10.3 Å². The zero-order chi connectivity index (χ0) is 11.8. The fourth-order valence-electron chi connectivity index (χ4n) is 2.39. The van der Waals surface area contributed by atoms with Gasteiger partial charge >= 0.3 is 0 Å². The van der Waals surface area contributed by atoms with Crippen LogP contribution in [0.1, 0.15) is 30.1 Å². The molecule has 1 heterocycles. The Balaban J connectivity index is 2.04. The average Bonchev–Trinajstić information content (AvgIpc) is 3.04. The highest BCUT2D eigenvalue weighted by molar-refractivity contribution is 5.43. The second kappa shape index (κ2) is 3.87. The van der Waals surface area contributed by atoms with Crippen LogP contribution in [0.5, 0.6) is 0 Å². The number of benzene rings is 1. The van der Waals surface area contributed by atoms with Crippen LogP contribution in [0, 0.1) is 5.92 Å². The Morgan fingerprint density at radius 3 is 2.82 bits per heavy atom. The molecule has 1 fully saturated rings. The fourth-order valence-corrected chi connectivity index (χ4v) is 2.39. The Bertz CT molecular complexity index is 528. The molecule has 0 aliphatic heterocycles. The highest BCUT2D eigenvalue weighted by Gasteiger charge is 2.36. The van der Waals surface area contributed by atoms with E-state index >= 15 is 0 Å². The van der Waals surface area contributed by atoms with E-state index in [0.717, 1.165) is 11.5 Å². The van der Waals surface area contributed by atoms with Gasteiger partial charge in [0.15, 0.2) is 0 Å². The second-order valence-corrected chi connectivity index (χ2v) is 4.79. The third-order valence-electron chi connectivity index (χ3n) is 3.39. The minimum Gasteiger partial charge on any atom is -0.399 e. The van der Waals surface area contributed by atoms with Crippen LogP contribution in [0.3, 0.4) is 0 Å². The Hall–Kier alpha value is -1.84. The van der Waals surface area contributed by atoms with Crippen LogP contribution in [0.25, 0.3) is 0 Å². The van der Waals surface area contributed by atoms with Gasteiger partial charge in [-0.2, -0.15) is 0 Å². The van der Waals surface area contributed by atoms with Crippen LogP contribution in [-0.2, 0) is 7.05 Å². The molecule has 2 aromatic rings. The SMILES string of the molecule is Cn1cnnc1[C@H](c1cccc(N)c1)C1CC1. The Labute approximate surface area is 100 Å². The van der Waals surface area contributed by atoms with Gasteiger partial charge in [0, 0.05) is 18.7 Å². The van der Waals surface area contributed by atoms with Crippen LogP contribution in [0.2, 0.25) is 0 Å². The Morgan fingerprint density at radius 2 is 2.24 bits per heavy atom. The number of hydrogen-bond acceptors (Lipinski definition) is 3. The van der Waals surface area contributed by atoms with Crippen molar-refractivity contribution in [2.45, 2.75) is 18.8 Å². The number of rotatable bonds is 3. The van der Waals surface area contributed by atoms with E-state index in [4.69, 9.17) is 5.73 Å². The first kappa shape index (κ1) is 10.3. The van der Waals surface area contributed by atoms with Gasteiger partial charge in [0.25, 0.3) is 0 Å². The lowest BCUT2D eigenvalue weighted by molar-refractivity contribution is 0.624. The molecular formula is C13H16N4. The first-order valence-corrected chi connectivity index (χ1v) is 5.95. The Kier molecular flexibility index (Phi) is 2.35. The number of nitrogens with zero attached hydrogens (tertiary/aromatic N) is 3. The molecule has 0 spiro atoms. The van der Waals surface area contributed by atoms with Gasteiger partial charge in [0.2, 0.25) is 0 Å². The van der Waals surface area contributed by atoms with Gasteiger partial charge in [-0.3, -0.25) is 0 Å². The summed E-state index contributed by atoms with van der Waals surface area (Å²) in [6, 6.07) is 8.12. The van der Waals surface area contributed by atoms with Crippen molar-refractivity contribution in [3.8, 4) is 0 Å². The third-order valence-corrected chi connectivity index (χ3v) is 3.39. The minimum atomic E-state index is 0.339. The largest absolute Gasteiger partial charge is 0.399 e. The quantitative estimate of drug-likeness (QED) is 0.817. The molecule has 0 saturated heterocycles. The maximum atomic E-state index is 5.87.